The average molecular weight is 383 g/mol. The van der Waals surface area contributed by atoms with E-state index in [1.807, 2.05) is 43.3 Å². The van der Waals surface area contributed by atoms with Crippen LogP contribution in [0.4, 0.5) is 0 Å². The Morgan fingerprint density at radius 2 is 1.81 bits per heavy atom. The van der Waals surface area contributed by atoms with Crippen LogP contribution in [0.1, 0.15) is 16.8 Å². The van der Waals surface area contributed by atoms with E-state index in [2.05, 4.69) is 18.0 Å². The number of ether oxygens (including phenoxy) is 2. The second-order valence-electron chi connectivity index (χ2n) is 6.13. The summed E-state index contributed by atoms with van der Waals surface area (Å²) >= 11 is 1.44. The van der Waals surface area contributed by atoms with Crippen LogP contribution >= 0.6 is 11.3 Å². The zero-order valence-electron chi connectivity index (χ0n) is 15.3. The summed E-state index contributed by atoms with van der Waals surface area (Å²) in [5.41, 5.74) is 3.87. The summed E-state index contributed by atoms with van der Waals surface area (Å²) in [5.74, 6) is 0.763. The maximum Gasteiger partial charge on any atom is 0.309 e. The van der Waals surface area contributed by atoms with Crippen molar-refractivity contribution in [2.45, 2.75) is 20.3 Å². The number of thiazole rings is 1. The van der Waals surface area contributed by atoms with Gasteiger partial charge in [-0.25, -0.2) is 4.98 Å². The highest BCUT2D eigenvalue weighted by Gasteiger charge is 2.08. The van der Waals surface area contributed by atoms with Crippen LogP contribution in [0.15, 0.2) is 47.8 Å². The molecule has 0 aliphatic rings. The summed E-state index contributed by atoms with van der Waals surface area (Å²) in [5, 5.41) is 11.4. The molecule has 5 nitrogen and oxygen atoms in total. The van der Waals surface area contributed by atoms with Crippen LogP contribution in [0.3, 0.4) is 0 Å². The number of aryl methyl sites for hydroxylation is 1. The monoisotopic (exact) mass is 383 g/mol. The highest BCUT2D eigenvalue weighted by Crippen LogP contribution is 2.26. The molecule has 1 aromatic heterocycles. The predicted octanol–water partition coefficient (Wildman–Crippen LogP) is 4.51. The van der Waals surface area contributed by atoms with E-state index in [0.717, 1.165) is 27.6 Å². The zero-order valence-corrected chi connectivity index (χ0v) is 16.1. The molecule has 0 saturated heterocycles. The number of aliphatic carboxylic acids is 1. The minimum atomic E-state index is -0.876. The number of rotatable bonds is 8. The van der Waals surface area contributed by atoms with Crippen LogP contribution in [-0.4, -0.2) is 29.3 Å². The van der Waals surface area contributed by atoms with Crippen molar-refractivity contribution in [3.8, 4) is 22.1 Å². The van der Waals surface area contributed by atoms with Crippen molar-refractivity contribution in [1.82, 2.24) is 4.98 Å². The van der Waals surface area contributed by atoms with E-state index >= 15 is 0 Å². The molecule has 0 atom stereocenters. The first-order valence-electron chi connectivity index (χ1n) is 8.61. The van der Waals surface area contributed by atoms with Gasteiger partial charge >= 0.3 is 5.97 Å². The molecule has 0 unspecified atom stereocenters. The third-order valence-corrected chi connectivity index (χ3v) is 5.09. The number of nitrogens with zero attached hydrogens (tertiary/aromatic N) is 1. The fraction of sp³-hybridized carbons (Fsp3) is 0.238. The molecule has 3 rings (SSSR count). The van der Waals surface area contributed by atoms with Gasteiger partial charge in [-0.3, -0.25) is 4.79 Å². The number of hydrogen-bond acceptors (Lipinski definition) is 5. The van der Waals surface area contributed by atoms with Gasteiger partial charge in [0, 0.05) is 10.9 Å². The Hall–Kier alpha value is -2.86. The lowest BCUT2D eigenvalue weighted by molar-refractivity contribution is -0.136. The fourth-order valence-electron chi connectivity index (χ4n) is 2.56. The maximum absolute atomic E-state index is 10.7. The second kappa shape index (κ2) is 8.68. The van der Waals surface area contributed by atoms with Gasteiger partial charge in [0.25, 0.3) is 0 Å². The number of carboxylic acid groups (broad SMARTS) is 1. The highest BCUT2D eigenvalue weighted by atomic mass is 32.1. The number of carboxylic acids is 1. The number of carbonyl (C=O) groups is 1. The molecule has 3 aromatic rings. The largest absolute Gasteiger partial charge is 0.490 e. The van der Waals surface area contributed by atoms with Crippen molar-refractivity contribution in [2.24, 2.45) is 0 Å². The quantitative estimate of drug-likeness (QED) is 0.580. The smallest absolute Gasteiger partial charge is 0.309 e. The third kappa shape index (κ3) is 5.08. The van der Waals surface area contributed by atoms with E-state index in [1.165, 1.54) is 16.9 Å². The summed E-state index contributed by atoms with van der Waals surface area (Å²) in [6.45, 7) is 5.03. The van der Waals surface area contributed by atoms with Crippen molar-refractivity contribution in [2.75, 3.05) is 13.2 Å². The molecule has 140 valence electrons. The minimum absolute atomic E-state index is 0.0574. The number of hydrogen-bond donors (Lipinski definition) is 1. The van der Waals surface area contributed by atoms with Crippen molar-refractivity contribution in [3.05, 3.63) is 64.7 Å². The first kappa shape index (κ1) is 18.9. The van der Waals surface area contributed by atoms with Crippen LogP contribution in [0, 0.1) is 13.8 Å². The molecule has 0 bridgehead atoms. The van der Waals surface area contributed by atoms with Crippen LogP contribution in [0.2, 0.25) is 0 Å². The summed E-state index contributed by atoms with van der Waals surface area (Å²) in [6, 6.07) is 13.6. The van der Waals surface area contributed by atoms with Gasteiger partial charge in [0.05, 0.1) is 12.1 Å². The topological polar surface area (TPSA) is 68.7 Å². The molecular formula is C21H21NO4S. The first-order valence-corrected chi connectivity index (χ1v) is 9.49. The molecular weight excluding hydrogens is 362 g/mol. The van der Waals surface area contributed by atoms with Crippen LogP contribution in [0.25, 0.3) is 10.6 Å². The van der Waals surface area contributed by atoms with E-state index in [9.17, 15) is 4.79 Å². The Bertz CT molecular complexity index is 918. The van der Waals surface area contributed by atoms with Gasteiger partial charge in [0.2, 0.25) is 0 Å². The summed E-state index contributed by atoms with van der Waals surface area (Å²) in [7, 11) is 0. The van der Waals surface area contributed by atoms with Crippen molar-refractivity contribution in [3.63, 3.8) is 0 Å². The van der Waals surface area contributed by atoms with Gasteiger partial charge in [0.15, 0.2) is 0 Å². The number of benzene rings is 2. The molecule has 2 aromatic carbocycles. The summed E-state index contributed by atoms with van der Waals surface area (Å²) < 4.78 is 11.5. The predicted molar refractivity (Wildman–Crippen MR) is 106 cm³/mol. The van der Waals surface area contributed by atoms with Gasteiger partial charge in [-0.15, -0.1) is 11.3 Å². The van der Waals surface area contributed by atoms with Crippen LogP contribution in [0.5, 0.6) is 11.5 Å². The lowest BCUT2D eigenvalue weighted by Gasteiger charge is -2.11. The molecule has 0 saturated carbocycles. The van der Waals surface area contributed by atoms with Crippen molar-refractivity contribution >= 4 is 17.3 Å². The Balaban J connectivity index is 1.51. The summed E-state index contributed by atoms with van der Waals surface area (Å²) in [4.78, 5) is 15.1. The zero-order chi connectivity index (χ0) is 19.2. The minimum Gasteiger partial charge on any atom is -0.490 e. The second-order valence-corrected chi connectivity index (χ2v) is 6.99. The third-order valence-electron chi connectivity index (χ3n) is 4.15. The molecule has 27 heavy (non-hydrogen) atoms. The molecule has 1 heterocycles. The van der Waals surface area contributed by atoms with Crippen LogP contribution in [-0.2, 0) is 11.2 Å². The first-order chi connectivity index (χ1) is 13.0. The highest BCUT2D eigenvalue weighted by molar-refractivity contribution is 7.13. The van der Waals surface area contributed by atoms with Crippen LogP contribution < -0.4 is 9.47 Å². The fourth-order valence-corrected chi connectivity index (χ4v) is 3.39. The molecule has 1 N–H and O–H groups in total. The van der Waals surface area contributed by atoms with Gasteiger partial charge in [-0.05, 0) is 55.3 Å². The molecule has 6 heteroatoms. The summed E-state index contributed by atoms with van der Waals surface area (Å²) in [6.07, 6.45) is -0.0574. The Morgan fingerprint density at radius 1 is 1.07 bits per heavy atom. The van der Waals surface area contributed by atoms with E-state index in [-0.39, 0.29) is 6.42 Å². The van der Waals surface area contributed by atoms with E-state index in [4.69, 9.17) is 14.6 Å². The van der Waals surface area contributed by atoms with Gasteiger partial charge in [-0.2, -0.15) is 0 Å². The normalized spacial score (nSPS) is 10.6. The molecule has 0 spiro atoms. The Labute approximate surface area is 162 Å². The SMILES string of the molecule is Cc1cccc(OCCOc2ccc(-c3nc(CC(=O)O)cs3)cc2)c1C. The standard InChI is InChI=1S/C21H21NO4S/c1-14-4-3-5-19(15(14)2)26-11-10-25-18-8-6-16(7-9-18)21-22-17(13-27-21)12-20(23)24/h3-9,13H,10-12H2,1-2H3,(H,23,24). The Kier molecular flexibility index (Phi) is 6.08. The van der Waals surface area contributed by atoms with E-state index in [1.54, 1.807) is 5.38 Å². The number of aromatic nitrogens is 1. The van der Waals surface area contributed by atoms with Crippen molar-refractivity contribution in [1.29, 1.82) is 0 Å². The molecule has 0 amide bonds. The van der Waals surface area contributed by atoms with Crippen molar-refractivity contribution < 1.29 is 19.4 Å². The lowest BCUT2D eigenvalue weighted by Crippen LogP contribution is -2.09. The maximum atomic E-state index is 10.7. The molecule has 0 aliphatic carbocycles. The van der Waals surface area contributed by atoms with E-state index in [0.29, 0.717) is 18.9 Å². The average Bonchev–Trinajstić information content (AvgIpc) is 3.10. The van der Waals surface area contributed by atoms with E-state index < -0.39 is 5.97 Å². The van der Waals surface area contributed by atoms with Gasteiger partial charge < -0.3 is 14.6 Å². The molecule has 0 aliphatic heterocycles. The van der Waals surface area contributed by atoms with Gasteiger partial charge in [-0.1, -0.05) is 12.1 Å². The molecule has 0 radical (unpaired) electrons. The lowest BCUT2D eigenvalue weighted by atomic mass is 10.1. The Morgan fingerprint density at radius 3 is 2.56 bits per heavy atom. The molecule has 0 fully saturated rings. The van der Waals surface area contributed by atoms with Gasteiger partial charge in [0.1, 0.15) is 29.7 Å².